The number of aliphatic carboxylic acids is 1. The first kappa shape index (κ1) is 15.6. The molecule has 0 aromatic heterocycles. The number of carbonyl (C=O) groups is 1. The van der Waals surface area contributed by atoms with Gasteiger partial charge in [0.2, 0.25) is 0 Å². The molecule has 0 saturated carbocycles. The minimum Gasteiger partial charge on any atom is -0.480 e. The van der Waals surface area contributed by atoms with Gasteiger partial charge in [0.05, 0.1) is 15.6 Å². The predicted octanol–water partition coefficient (Wildman–Crippen LogP) is 3.23. The van der Waals surface area contributed by atoms with E-state index in [9.17, 15) is 4.79 Å². The van der Waals surface area contributed by atoms with E-state index in [0.29, 0.717) is 23.1 Å². The number of benzene rings is 1. The molecule has 1 fully saturated rings. The molecule has 1 aliphatic rings. The van der Waals surface area contributed by atoms with Crippen molar-refractivity contribution in [3.8, 4) is 0 Å². The fraction of sp³-hybridized carbons (Fsp3) is 0.500. The van der Waals surface area contributed by atoms with Crippen molar-refractivity contribution in [3.63, 3.8) is 0 Å². The Balaban J connectivity index is 1.98. The molecular weight excluding hydrogens is 301 g/mol. The highest BCUT2D eigenvalue weighted by Crippen LogP contribution is 2.37. The van der Waals surface area contributed by atoms with Crippen LogP contribution in [0.25, 0.3) is 0 Å². The van der Waals surface area contributed by atoms with Gasteiger partial charge in [-0.15, -0.1) is 0 Å². The van der Waals surface area contributed by atoms with Crippen molar-refractivity contribution >= 4 is 29.2 Å². The van der Waals surface area contributed by atoms with Crippen molar-refractivity contribution < 1.29 is 14.6 Å². The molecule has 1 aliphatic heterocycles. The zero-order valence-electron chi connectivity index (χ0n) is 11.4. The molecule has 1 N–H and O–H groups in total. The molecule has 20 heavy (non-hydrogen) atoms. The second-order valence-corrected chi connectivity index (χ2v) is 6.14. The number of nitrogens with zero attached hydrogens (tertiary/aromatic N) is 1. The van der Waals surface area contributed by atoms with Crippen LogP contribution in [0.1, 0.15) is 25.5 Å². The molecule has 0 amide bonds. The van der Waals surface area contributed by atoms with Crippen LogP contribution in [0.3, 0.4) is 0 Å². The average Bonchev–Trinajstić information content (AvgIpc) is 2.35. The Labute approximate surface area is 128 Å². The van der Waals surface area contributed by atoms with Gasteiger partial charge in [-0.05, 0) is 25.5 Å². The van der Waals surface area contributed by atoms with E-state index >= 15 is 0 Å². The third-order valence-electron chi connectivity index (χ3n) is 3.60. The molecule has 2 rings (SSSR count). The van der Waals surface area contributed by atoms with E-state index in [2.05, 4.69) is 4.90 Å². The summed E-state index contributed by atoms with van der Waals surface area (Å²) in [6.45, 7) is 5.04. The molecule has 1 unspecified atom stereocenters. The average molecular weight is 318 g/mol. The van der Waals surface area contributed by atoms with E-state index in [-0.39, 0.29) is 12.6 Å². The fourth-order valence-corrected chi connectivity index (χ4v) is 2.92. The Morgan fingerprint density at radius 2 is 2.15 bits per heavy atom. The van der Waals surface area contributed by atoms with Gasteiger partial charge in [-0.25, -0.2) is 4.79 Å². The number of likely N-dealkylation sites (tertiary alicyclic amines) is 1. The molecular formula is C14H17Cl2NO3. The van der Waals surface area contributed by atoms with Crippen LogP contribution >= 0.6 is 23.2 Å². The molecule has 4 nitrogen and oxygen atoms in total. The maximum atomic E-state index is 10.5. The molecule has 0 spiro atoms. The summed E-state index contributed by atoms with van der Waals surface area (Å²) >= 11 is 12.2. The van der Waals surface area contributed by atoms with Crippen LogP contribution < -0.4 is 0 Å². The van der Waals surface area contributed by atoms with Crippen LogP contribution in [-0.4, -0.2) is 41.3 Å². The lowest BCUT2D eigenvalue weighted by molar-refractivity contribution is -0.169. The maximum Gasteiger partial charge on any atom is 0.329 e. The summed E-state index contributed by atoms with van der Waals surface area (Å²) in [5.41, 5.74) is 0.567. The number of hydrogen-bond acceptors (Lipinski definition) is 3. The minimum atomic E-state index is -0.949. The highest BCUT2D eigenvalue weighted by Gasteiger charge is 2.42. The third-order valence-corrected chi connectivity index (χ3v) is 4.43. The zero-order chi connectivity index (χ0) is 14.9. The molecule has 6 heteroatoms. The van der Waals surface area contributed by atoms with Gasteiger partial charge in [-0.3, -0.25) is 4.90 Å². The van der Waals surface area contributed by atoms with Gasteiger partial charge in [0.1, 0.15) is 6.61 Å². The Hall–Kier alpha value is -0.810. The number of ether oxygens (including phenoxy) is 1. The lowest BCUT2D eigenvalue weighted by atomic mass is 9.92. The second-order valence-electron chi connectivity index (χ2n) is 5.36. The van der Waals surface area contributed by atoms with Gasteiger partial charge in [-0.2, -0.15) is 0 Å². The first-order valence-corrected chi connectivity index (χ1v) is 7.12. The quantitative estimate of drug-likeness (QED) is 0.905. The maximum absolute atomic E-state index is 10.5. The van der Waals surface area contributed by atoms with Crippen molar-refractivity contribution in [1.82, 2.24) is 4.90 Å². The van der Waals surface area contributed by atoms with Crippen LogP contribution in [0.4, 0.5) is 0 Å². The Kier molecular flexibility index (Phi) is 4.59. The topological polar surface area (TPSA) is 49.8 Å². The predicted molar refractivity (Wildman–Crippen MR) is 78.4 cm³/mol. The summed E-state index contributed by atoms with van der Waals surface area (Å²) in [5.74, 6) is -0.949. The normalized spacial score (nSPS) is 19.4. The SMILES string of the molecule is CC(c1cccc(Cl)c1Cl)N1CC(C)(OCC(=O)O)C1. The van der Waals surface area contributed by atoms with Gasteiger partial charge in [0.25, 0.3) is 0 Å². The molecule has 1 saturated heterocycles. The molecule has 1 aromatic carbocycles. The van der Waals surface area contributed by atoms with Gasteiger partial charge >= 0.3 is 5.97 Å². The lowest BCUT2D eigenvalue weighted by Gasteiger charge is -2.50. The molecule has 0 bridgehead atoms. The number of halogens is 2. The number of rotatable bonds is 5. The summed E-state index contributed by atoms with van der Waals surface area (Å²) < 4.78 is 5.40. The molecule has 1 aromatic rings. The van der Waals surface area contributed by atoms with Crippen molar-refractivity contribution in [2.24, 2.45) is 0 Å². The van der Waals surface area contributed by atoms with E-state index in [1.54, 1.807) is 6.07 Å². The third kappa shape index (κ3) is 3.26. The van der Waals surface area contributed by atoms with E-state index in [1.165, 1.54) is 0 Å². The van der Waals surface area contributed by atoms with Gasteiger partial charge < -0.3 is 9.84 Å². The first-order chi connectivity index (χ1) is 9.32. The molecule has 0 aliphatic carbocycles. The van der Waals surface area contributed by atoms with Gasteiger partial charge in [-0.1, -0.05) is 35.3 Å². The lowest BCUT2D eigenvalue weighted by Crippen LogP contribution is -2.62. The summed E-state index contributed by atoms with van der Waals surface area (Å²) in [4.78, 5) is 12.7. The summed E-state index contributed by atoms with van der Waals surface area (Å²) in [6, 6.07) is 5.70. The van der Waals surface area contributed by atoms with Gasteiger partial charge in [0.15, 0.2) is 0 Å². The fourth-order valence-electron chi connectivity index (χ4n) is 2.45. The van der Waals surface area contributed by atoms with Crippen molar-refractivity contribution in [2.45, 2.75) is 25.5 Å². The second kappa shape index (κ2) is 5.90. The van der Waals surface area contributed by atoms with Crippen LogP contribution in [-0.2, 0) is 9.53 Å². The molecule has 0 radical (unpaired) electrons. The summed E-state index contributed by atoms with van der Waals surface area (Å²) in [5, 5.41) is 9.76. The smallest absolute Gasteiger partial charge is 0.329 e. The number of carboxylic acid groups (broad SMARTS) is 1. The minimum absolute atomic E-state index is 0.114. The van der Waals surface area contributed by atoms with Crippen LogP contribution in [0.15, 0.2) is 18.2 Å². The Morgan fingerprint density at radius 1 is 1.50 bits per heavy atom. The highest BCUT2D eigenvalue weighted by atomic mass is 35.5. The summed E-state index contributed by atoms with van der Waals surface area (Å²) in [7, 11) is 0. The van der Waals surface area contributed by atoms with Crippen molar-refractivity contribution in [3.05, 3.63) is 33.8 Å². The number of hydrogen-bond donors (Lipinski definition) is 1. The number of carboxylic acids is 1. The molecule has 1 heterocycles. The first-order valence-electron chi connectivity index (χ1n) is 6.36. The monoisotopic (exact) mass is 317 g/mol. The van der Waals surface area contributed by atoms with E-state index < -0.39 is 11.6 Å². The standard InChI is InChI=1S/C14H17Cl2NO3/c1-9(10-4-3-5-11(15)13(10)16)17-7-14(2,8-17)20-6-12(18)19/h3-5,9H,6-8H2,1-2H3,(H,18,19). The summed E-state index contributed by atoms with van der Waals surface area (Å²) in [6.07, 6.45) is 0. The Bertz CT molecular complexity index is 515. The highest BCUT2D eigenvalue weighted by molar-refractivity contribution is 6.42. The van der Waals surface area contributed by atoms with Crippen LogP contribution in [0, 0.1) is 0 Å². The van der Waals surface area contributed by atoms with E-state index in [0.717, 1.165) is 5.56 Å². The zero-order valence-corrected chi connectivity index (χ0v) is 12.9. The van der Waals surface area contributed by atoms with E-state index in [1.807, 2.05) is 26.0 Å². The Morgan fingerprint density at radius 3 is 2.75 bits per heavy atom. The largest absolute Gasteiger partial charge is 0.480 e. The van der Waals surface area contributed by atoms with Crippen LogP contribution in [0.5, 0.6) is 0 Å². The van der Waals surface area contributed by atoms with Gasteiger partial charge in [0, 0.05) is 19.1 Å². The van der Waals surface area contributed by atoms with Crippen LogP contribution in [0.2, 0.25) is 10.0 Å². The van der Waals surface area contributed by atoms with E-state index in [4.69, 9.17) is 33.0 Å². The molecule has 110 valence electrons. The van der Waals surface area contributed by atoms with Crippen molar-refractivity contribution in [2.75, 3.05) is 19.7 Å². The molecule has 1 atom stereocenters. The van der Waals surface area contributed by atoms with Crippen molar-refractivity contribution in [1.29, 1.82) is 0 Å².